The fourth-order valence-electron chi connectivity index (χ4n) is 2.28. The van der Waals surface area contributed by atoms with Crippen LogP contribution in [-0.4, -0.2) is 6.54 Å². The number of aryl methyl sites for hydroxylation is 2. The number of rotatable bonds is 5. The first-order chi connectivity index (χ1) is 10.0. The molecule has 0 radical (unpaired) electrons. The van der Waals surface area contributed by atoms with E-state index >= 15 is 0 Å². The lowest BCUT2D eigenvalue weighted by Crippen LogP contribution is -2.17. The van der Waals surface area contributed by atoms with Crippen LogP contribution in [0.25, 0.3) is 0 Å². The Morgan fingerprint density at radius 3 is 2.57 bits per heavy atom. The summed E-state index contributed by atoms with van der Waals surface area (Å²) >= 11 is 3.64. The first kappa shape index (κ1) is 16.1. The van der Waals surface area contributed by atoms with E-state index in [9.17, 15) is 0 Å². The lowest BCUT2D eigenvalue weighted by Gasteiger charge is -2.16. The van der Waals surface area contributed by atoms with Gasteiger partial charge in [0.2, 0.25) is 0 Å². The highest BCUT2D eigenvalue weighted by molar-refractivity contribution is 9.10. The second kappa shape index (κ2) is 7.10. The maximum Gasteiger partial charge on any atom is 0.130 e. The number of nitrogens with one attached hydrogen (secondary N) is 1. The van der Waals surface area contributed by atoms with Crippen molar-refractivity contribution in [3.63, 3.8) is 0 Å². The summed E-state index contributed by atoms with van der Waals surface area (Å²) in [6, 6.07) is 12.7. The molecule has 0 aliphatic rings. The molecule has 3 heteroatoms. The molecule has 112 valence electrons. The van der Waals surface area contributed by atoms with Gasteiger partial charge in [0.05, 0.1) is 0 Å². The van der Waals surface area contributed by atoms with Crippen molar-refractivity contribution in [1.82, 2.24) is 5.32 Å². The van der Waals surface area contributed by atoms with Crippen molar-refractivity contribution in [3.05, 3.63) is 57.6 Å². The van der Waals surface area contributed by atoms with Gasteiger partial charge in [0.25, 0.3) is 0 Å². The number of benzene rings is 2. The van der Waals surface area contributed by atoms with Crippen LogP contribution in [0.1, 0.15) is 36.6 Å². The molecule has 0 aliphatic carbocycles. The van der Waals surface area contributed by atoms with Gasteiger partial charge in [-0.1, -0.05) is 41.1 Å². The average molecular weight is 348 g/mol. The third-order valence-corrected chi connectivity index (χ3v) is 4.21. The molecular formula is C18H22BrNO. The van der Waals surface area contributed by atoms with Crippen molar-refractivity contribution in [3.8, 4) is 11.5 Å². The number of halogens is 1. The predicted octanol–water partition coefficient (Wildman–Crippen LogP) is 5.53. The summed E-state index contributed by atoms with van der Waals surface area (Å²) in [4.78, 5) is 0. The fourth-order valence-corrected chi connectivity index (χ4v) is 2.98. The van der Waals surface area contributed by atoms with Crippen molar-refractivity contribution in [1.29, 1.82) is 0 Å². The SMILES string of the molecule is CCNC(C)c1ccc(Oc2cc(C)ccc2C)cc1Br. The van der Waals surface area contributed by atoms with Crippen LogP contribution in [0, 0.1) is 13.8 Å². The molecule has 0 fully saturated rings. The second-order valence-corrected chi connectivity index (χ2v) is 6.19. The Balaban J connectivity index is 2.22. The number of hydrogen-bond donors (Lipinski definition) is 1. The minimum absolute atomic E-state index is 0.319. The van der Waals surface area contributed by atoms with E-state index in [1.54, 1.807) is 0 Å². The van der Waals surface area contributed by atoms with Gasteiger partial charge in [-0.3, -0.25) is 0 Å². The molecule has 1 N–H and O–H groups in total. The molecule has 1 atom stereocenters. The van der Waals surface area contributed by atoms with Crippen LogP contribution in [0.5, 0.6) is 11.5 Å². The Morgan fingerprint density at radius 2 is 1.90 bits per heavy atom. The summed E-state index contributed by atoms with van der Waals surface area (Å²) in [5.74, 6) is 1.76. The number of ether oxygens (including phenoxy) is 1. The Bertz CT molecular complexity index is 625. The van der Waals surface area contributed by atoms with Gasteiger partial charge in [-0.25, -0.2) is 0 Å². The summed E-state index contributed by atoms with van der Waals surface area (Å²) in [5, 5.41) is 3.42. The van der Waals surface area contributed by atoms with Crippen molar-refractivity contribution >= 4 is 15.9 Å². The number of hydrogen-bond acceptors (Lipinski definition) is 2. The Labute approximate surface area is 135 Å². The predicted molar refractivity (Wildman–Crippen MR) is 92.2 cm³/mol. The molecule has 0 saturated heterocycles. The van der Waals surface area contributed by atoms with Gasteiger partial charge >= 0.3 is 0 Å². The highest BCUT2D eigenvalue weighted by Gasteiger charge is 2.10. The molecule has 2 nitrogen and oxygen atoms in total. The van der Waals surface area contributed by atoms with Crippen LogP contribution >= 0.6 is 15.9 Å². The molecule has 0 amide bonds. The standard InChI is InChI=1S/C18H22BrNO/c1-5-20-14(4)16-9-8-15(11-17(16)19)21-18-10-12(2)6-7-13(18)3/h6-11,14,20H,5H2,1-4H3. The topological polar surface area (TPSA) is 21.3 Å². The quantitative estimate of drug-likeness (QED) is 0.767. The molecule has 0 aromatic heterocycles. The minimum atomic E-state index is 0.319. The van der Waals surface area contributed by atoms with Crippen LogP contribution in [-0.2, 0) is 0 Å². The zero-order valence-electron chi connectivity index (χ0n) is 13.0. The molecule has 1 unspecified atom stereocenters. The van der Waals surface area contributed by atoms with E-state index in [4.69, 9.17) is 4.74 Å². The zero-order chi connectivity index (χ0) is 15.4. The van der Waals surface area contributed by atoms with E-state index in [2.05, 4.69) is 73.2 Å². The van der Waals surface area contributed by atoms with Gasteiger partial charge < -0.3 is 10.1 Å². The molecule has 0 saturated carbocycles. The van der Waals surface area contributed by atoms with E-state index in [0.29, 0.717) is 6.04 Å². The van der Waals surface area contributed by atoms with Crippen molar-refractivity contribution in [2.75, 3.05) is 6.54 Å². The first-order valence-electron chi connectivity index (χ1n) is 7.29. The Hall–Kier alpha value is -1.32. The van der Waals surface area contributed by atoms with Crippen LogP contribution < -0.4 is 10.1 Å². The van der Waals surface area contributed by atoms with Gasteiger partial charge in [0.15, 0.2) is 0 Å². The lowest BCUT2D eigenvalue weighted by atomic mass is 10.1. The van der Waals surface area contributed by atoms with Crippen molar-refractivity contribution < 1.29 is 4.74 Å². The highest BCUT2D eigenvalue weighted by Crippen LogP contribution is 2.31. The summed E-state index contributed by atoms with van der Waals surface area (Å²) in [7, 11) is 0. The monoisotopic (exact) mass is 347 g/mol. The van der Waals surface area contributed by atoms with Gasteiger partial charge in [0, 0.05) is 10.5 Å². The fraction of sp³-hybridized carbons (Fsp3) is 0.333. The Kier molecular flexibility index (Phi) is 5.43. The van der Waals surface area contributed by atoms with Gasteiger partial charge in [0.1, 0.15) is 11.5 Å². The third-order valence-electron chi connectivity index (χ3n) is 3.52. The molecule has 2 aromatic carbocycles. The Morgan fingerprint density at radius 1 is 1.14 bits per heavy atom. The maximum atomic E-state index is 6.02. The molecule has 0 heterocycles. The van der Waals surface area contributed by atoms with Crippen LogP contribution in [0.4, 0.5) is 0 Å². The van der Waals surface area contributed by atoms with Crippen LogP contribution in [0.15, 0.2) is 40.9 Å². The molecule has 21 heavy (non-hydrogen) atoms. The highest BCUT2D eigenvalue weighted by atomic mass is 79.9. The summed E-state index contributed by atoms with van der Waals surface area (Å²) < 4.78 is 7.08. The molecule has 2 aromatic rings. The van der Waals surface area contributed by atoms with E-state index in [0.717, 1.165) is 28.1 Å². The van der Waals surface area contributed by atoms with E-state index in [1.165, 1.54) is 11.1 Å². The van der Waals surface area contributed by atoms with E-state index < -0.39 is 0 Å². The van der Waals surface area contributed by atoms with Gasteiger partial charge in [-0.05, 0) is 62.2 Å². The van der Waals surface area contributed by atoms with Crippen molar-refractivity contribution in [2.24, 2.45) is 0 Å². The minimum Gasteiger partial charge on any atom is -0.457 e. The molecule has 0 spiro atoms. The largest absolute Gasteiger partial charge is 0.457 e. The third kappa shape index (κ3) is 4.08. The zero-order valence-corrected chi connectivity index (χ0v) is 14.6. The lowest BCUT2D eigenvalue weighted by molar-refractivity contribution is 0.477. The first-order valence-corrected chi connectivity index (χ1v) is 8.08. The summed E-state index contributed by atoms with van der Waals surface area (Å²) in [5.41, 5.74) is 3.58. The second-order valence-electron chi connectivity index (χ2n) is 5.33. The van der Waals surface area contributed by atoms with Crippen LogP contribution in [0.3, 0.4) is 0 Å². The molecule has 0 aliphatic heterocycles. The summed E-state index contributed by atoms with van der Waals surface area (Å²) in [6.45, 7) is 9.36. The normalized spacial score (nSPS) is 12.2. The van der Waals surface area contributed by atoms with Gasteiger partial charge in [-0.2, -0.15) is 0 Å². The van der Waals surface area contributed by atoms with E-state index in [1.807, 2.05) is 12.1 Å². The summed E-state index contributed by atoms with van der Waals surface area (Å²) in [6.07, 6.45) is 0. The molecular weight excluding hydrogens is 326 g/mol. The van der Waals surface area contributed by atoms with Gasteiger partial charge in [-0.15, -0.1) is 0 Å². The van der Waals surface area contributed by atoms with Crippen molar-refractivity contribution in [2.45, 2.75) is 33.7 Å². The molecule has 2 rings (SSSR count). The smallest absolute Gasteiger partial charge is 0.130 e. The molecule has 0 bridgehead atoms. The van der Waals surface area contributed by atoms with E-state index in [-0.39, 0.29) is 0 Å². The maximum absolute atomic E-state index is 6.02. The average Bonchev–Trinajstić information content (AvgIpc) is 2.43. The van der Waals surface area contributed by atoms with Crippen LogP contribution in [0.2, 0.25) is 0 Å².